The maximum absolute atomic E-state index is 12.5. The lowest BCUT2D eigenvalue weighted by Crippen LogP contribution is -2.52. The quantitative estimate of drug-likeness (QED) is 0.427. The molecule has 7 heteroatoms. The minimum Gasteiger partial charge on any atom is -0.444 e. The smallest absolute Gasteiger partial charge is 0.408 e. The summed E-state index contributed by atoms with van der Waals surface area (Å²) in [6, 6.07) is 16.3. The highest BCUT2D eigenvalue weighted by Crippen LogP contribution is 2.42. The summed E-state index contributed by atoms with van der Waals surface area (Å²) in [6.07, 6.45) is 5.87. The Bertz CT molecular complexity index is 1330. The number of hydrogen-bond donors (Lipinski definition) is 1. The van der Waals surface area contributed by atoms with Crippen LogP contribution in [0.4, 0.5) is 4.79 Å². The van der Waals surface area contributed by atoms with Gasteiger partial charge in [0.25, 0.3) is 0 Å². The number of aryl methyl sites for hydroxylation is 1. The minimum atomic E-state index is -0.532. The van der Waals surface area contributed by atoms with Gasteiger partial charge in [0, 0.05) is 17.3 Å². The third-order valence-electron chi connectivity index (χ3n) is 6.35. The Hall–Kier alpha value is -3.74. The summed E-state index contributed by atoms with van der Waals surface area (Å²) in [4.78, 5) is 26.0. The van der Waals surface area contributed by atoms with Gasteiger partial charge < -0.3 is 10.1 Å². The lowest BCUT2D eigenvalue weighted by Gasteiger charge is -2.43. The van der Waals surface area contributed by atoms with Gasteiger partial charge in [0.1, 0.15) is 17.6 Å². The van der Waals surface area contributed by atoms with Gasteiger partial charge in [-0.1, -0.05) is 18.2 Å². The number of carbonyl (C=O) groups is 1. The SMILES string of the molecule is Cc1ncnc2c1cc(-c1ccccn1)n2-c1ccc(C2(NC(=O)OC(C)(C)C)CCC2)cc1. The van der Waals surface area contributed by atoms with Crippen molar-refractivity contribution >= 4 is 17.1 Å². The Morgan fingerprint density at radius 3 is 2.44 bits per heavy atom. The predicted molar refractivity (Wildman–Crippen MR) is 132 cm³/mol. The van der Waals surface area contributed by atoms with E-state index in [0.717, 1.165) is 58.6 Å². The zero-order valence-corrected chi connectivity index (χ0v) is 20.0. The molecule has 0 unspecified atom stereocenters. The van der Waals surface area contributed by atoms with Crippen LogP contribution in [0.1, 0.15) is 51.3 Å². The van der Waals surface area contributed by atoms with Crippen molar-refractivity contribution in [3.8, 4) is 17.1 Å². The zero-order valence-electron chi connectivity index (χ0n) is 20.0. The van der Waals surface area contributed by atoms with Gasteiger partial charge in [0.05, 0.1) is 22.6 Å². The number of carbonyl (C=O) groups excluding carboxylic acids is 1. The number of fused-ring (bicyclic) bond motifs is 1. The predicted octanol–water partition coefficient (Wildman–Crippen LogP) is 5.69. The van der Waals surface area contributed by atoms with Gasteiger partial charge in [-0.05, 0) is 82.9 Å². The summed E-state index contributed by atoms with van der Waals surface area (Å²) in [5.41, 5.74) is 4.72. The van der Waals surface area contributed by atoms with E-state index in [9.17, 15) is 4.79 Å². The average Bonchev–Trinajstić information content (AvgIpc) is 3.17. The standard InChI is InChI=1S/C27H29N5O2/c1-18-21-16-23(22-8-5-6-15-28-22)32(24(21)30-17-29-18)20-11-9-19(10-12-20)27(13-7-14-27)31-25(33)34-26(2,3)4/h5-6,8-12,15-17H,7,13-14H2,1-4H3,(H,31,33). The Kier molecular flexibility index (Phi) is 5.35. The second-order valence-electron chi connectivity index (χ2n) is 9.89. The van der Waals surface area contributed by atoms with Crippen LogP contribution in [-0.4, -0.2) is 31.2 Å². The average molecular weight is 456 g/mol. The number of nitrogens with zero attached hydrogens (tertiary/aromatic N) is 4. The van der Waals surface area contributed by atoms with Crippen molar-refractivity contribution in [2.45, 2.75) is 58.1 Å². The van der Waals surface area contributed by atoms with E-state index in [-0.39, 0.29) is 11.6 Å². The number of hydrogen-bond acceptors (Lipinski definition) is 5. The summed E-state index contributed by atoms with van der Waals surface area (Å²) in [5.74, 6) is 0. The van der Waals surface area contributed by atoms with E-state index in [1.54, 1.807) is 12.5 Å². The molecule has 0 radical (unpaired) electrons. The maximum Gasteiger partial charge on any atom is 0.408 e. The summed E-state index contributed by atoms with van der Waals surface area (Å²) in [6.45, 7) is 7.62. The van der Waals surface area contributed by atoms with Crippen LogP contribution in [0.5, 0.6) is 0 Å². The molecule has 3 aromatic heterocycles. The van der Waals surface area contributed by atoms with Crippen molar-refractivity contribution in [3.05, 3.63) is 72.3 Å². The molecule has 1 aliphatic carbocycles. The first kappa shape index (κ1) is 22.1. The number of pyridine rings is 1. The van der Waals surface area contributed by atoms with E-state index in [1.165, 1.54) is 0 Å². The van der Waals surface area contributed by atoms with Crippen LogP contribution >= 0.6 is 0 Å². The van der Waals surface area contributed by atoms with E-state index >= 15 is 0 Å². The molecular formula is C27H29N5O2. The molecule has 34 heavy (non-hydrogen) atoms. The van der Waals surface area contributed by atoms with Gasteiger partial charge >= 0.3 is 6.09 Å². The molecule has 0 aliphatic heterocycles. The summed E-state index contributed by atoms with van der Waals surface area (Å²) in [7, 11) is 0. The Morgan fingerprint density at radius 1 is 1.06 bits per heavy atom. The van der Waals surface area contributed by atoms with Crippen molar-refractivity contribution in [2.75, 3.05) is 0 Å². The molecular weight excluding hydrogens is 426 g/mol. The van der Waals surface area contributed by atoms with E-state index in [0.29, 0.717) is 0 Å². The molecule has 5 rings (SSSR count). The van der Waals surface area contributed by atoms with Crippen molar-refractivity contribution < 1.29 is 9.53 Å². The van der Waals surface area contributed by atoms with Gasteiger partial charge in [-0.2, -0.15) is 0 Å². The monoisotopic (exact) mass is 455 g/mol. The first-order chi connectivity index (χ1) is 16.3. The number of aromatic nitrogens is 4. The van der Waals surface area contributed by atoms with Crippen LogP contribution in [0.25, 0.3) is 28.1 Å². The fourth-order valence-electron chi connectivity index (χ4n) is 4.54. The number of ether oxygens (including phenoxy) is 1. The number of alkyl carbamates (subject to hydrolysis) is 1. The lowest BCUT2D eigenvalue weighted by molar-refractivity contribution is 0.0377. The molecule has 4 aromatic rings. The largest absolute Gasteiger partial charge is 0.444 e. The van der Waals surface area contributed by atoms with E-state index in [1.807, 2.05) is 45.9 Å². The minimum absolute atomic E-state index is 0.378. The number of benzene rings is 1. The second kappa shape index (κ2) is 8.24. The number of amides is 1. The van der Waals surface area contributed by atoms with E-state index in [2.05, 4.69) is 55.2 Å². The van der Waals surface area contributed by atoms with Gasteiger partial charge in [0.2, 0.25) is 0 Å². The molecule has 1 N–H and O–H groups in total. The zero-order chi connectivity index (χ0) is 23.9. The Balaban J connectivity index is 1.53. The number of rotatable bonds is 4. The molecule has 1 aliphatic rings. The highest BCUT2D eigenvalue weighted by molar-refractivity contribution is 5.87. The second-order valence-corrected chi connectivity index (χ2v) is 9.89. The fraction of sp³-hybridized carbons (Fsp3) is 0.333. The summed E-state index contributed by atoms with van der Waals surface area (Å²) >= 11 is 0. The molecule has 3 heterocycles. The van der Waals surface area contributed by atoms with Crippen molar-refractivity contribution in [1.29, 1.82) is 0 Å². The first-order valence-electron chi connectivity index (χ1n) is 11.6. The van der Waals surface area contributed by atoms with Gasteiger partial charge in [-0.15, -0.1) is 0 Å². The normalized spacial score (nSPS) is 15.1. The molecule has 0 atom stereocenters. The van der Waals surface area contributed by atoms with Gasteiger partial charge in [0.15, 0.2) is 0 Å². The number of nitrogens with one attached hydrogen (secondary N) is 1. The van der Waals surface area contributed by atoms with Crippen molar-refractivity contribution in [1.82, 2.24) is 24.8 Å². The Labute approximate surface area is 199 Å². The fourth-order valence-corrected chi connectivity index (χ4v) is 4.54. The van der Waals surface area contributed by atoms with Crippen LogP contribution in [0.3, 0.4) is 0 Å². The molecule has 1 amide bonds. The molecule has 7 nitrogen and oxygen atoms in total. The van der Waals surface area contributed by atoms with Crippen LogP contribution in [0.15, 0.2) is 61.1 Å². The Morgan fingerprint density at radius 2 is 1.82 bits per heavy atom. The van der Waals surface area contributed by atoms with Gasteiger partial charge in [-0.25, -0.2) is 14.8 Å². The maximum atomic E-state index is 12.5. The third-order valence-corrected chi connectivity index (χ3v) is 6.35. The topological polar surface area (TPSA) is 81.9 Å². The van der Waals surface area contributed by atoms with E-state index < -0.39 is 5.60 Å². The van der Waals surface area contributed by atoms with Crippen LogP contribution in [0, 0.1) is 6.92 Å². The lowest BCUT2D eigenvalue weighted by atomic mass is 9.72. The molecule has 0 spiro atoms. The van der Waals surface area contributed by atoms with Crippen LogP contribution in [-0.2, 0) is 10.3 Å². The molecule has 0 saturated heterocycles. The molecule has 1 saturated carbocycles. The van der Waals surface area contributed by atoms with Crippen LogP contribution in [0.2, 0.25) is 0 Å². The molecule has 174 valence electrons. The van der Waals surface area contributed by atoms with E-state index in [4.69, 9.17) is 4.74 Å². The third kappa shape index (κ3) is 4.02. The van der Waals surface area contributed by atoms with Crippen molar-refractivity contribution in [3.63, 3.8) is 0 Å². The first-order valence-corrected chi connectivity index (χ1v) is 11.6. The highest BCUT2D eigenvalue weighted by atomic mass is 16.6. The van der Waals surface area contributed by atoms with Crippen LogP contribution < -0.4 is 5.32 Å². The molecule has 1 fully saturated rings. The highest BCUT2D eigenvalue weighted by Gasteiger charge is 2.41. The van der Waals surface area contributed by atoms with Crippen molar-refractivity contribution in [2.24, 2.45) is 0 Å². The molecule has 1 aromatic carbocycles. The summed E-state index contributed by atoms with van der Waals surface area (Å²) < 4.78 is 7.64. The molecule has 0 bridgehead atoms. The summed E-state index contributed by atoms with van der Waals surface area (Å²) in [5, 5.41) is 4.13. The van der Waals surface area contributed by atoms with Gasteiger partial charge in [-0.3, -0.25) is 9.55 Å².